The second kappa shape index (κ2) is 8.55. The fraction of sp³-hybridized carbons (Fsp3) is 0.333. The van der Waals surface area contributed by atoms with E-state index in [-0.39, 0.29) is 36.5 Å². The number of nitriles is 1. The maximum atomic E-state index is 12.7. The van der Waals surface area contributed by atoms with E-state index in [2.05, 4.69) is 0 Å². The maximum Gasteiger partial charge on any atom is 0.309 e. The summed E-state index contributed by atoms with van der Waals surface area (Å²) in [6.45, 7) is 2.75. The van der Waals surface area contributed by atoms with E-state index in [1.165, 1.54) is 28.6 Å². The van der Waals surface area contributed by atoms with Gasteiger partial charge >= 0.3 is 5.97 Å². The Hall–Kier alpha value is -2.69. The van der Waals surface area contributed by atoms with Gasteiger partial charge in [-0.2, -0.15) is 9.57 Å². The van der Waals surface area contributed by atoms with Crippen molar-refractivity contribution < 1.29 is 17.9 Å². The van der Waals surface area contributed by atoms with Gasteiger partial charge in [-0.25, -0.2) is 8.42 Å². The zero-order valence-electron chi connectivity index (χ0n) is 15.7. The first kappa shape index (κ1) is 20.1. The van der Waals surface area contributed by atoms with Gasteiger partial charge in [0.1, 0.15) is 6.61 Å². The zero-order chi connectivity index (χ0) is 20.1. The lowest BCUT2D eigenvalue weighted by atomic mass is 9.98. The van der Waals surface area contributed by atoms with Crippen LogP contribution < -0.4 is 0 Å². The van der Waals surface area contributed by atoms with Gasteiger partial charge in [0.2, 0.25) is 10.0 Å². The molecular weight excluding hydrogens is 376 g/mol. The summed E-state index contributed by atoms with van der Waals surface area (Å²) in [5, 5.41) is 8.84. The van der Waals surface area contributed by atoms with Crippen LogP contribution in [0.4, 0.5) is 0 Å². The number of carbonyl (C=O) groups is 1. The normalized spacial score (nSPS) is 15.7. The highest BCUT2D eigenvalue weighted by atomic mass is 32.2. The number of aryl methyl sites for hydroxylation is 1. The number of piperidine rings is 1. The second-order valence-electron chi connectivity index (χ2n) is 6.91. The maximum absolute atomic E-state index is 12.7. The van der Waals surface area contributed by atoms with Gasteiger partial charge < -0.3 is 4.74 Å². The van der Waals surface area contributed by atoms with Crippen molar-refractivity contribution in [2.45, 2.75) is 31.3 Å². The van der Waals surface area contributed by atoms with Crippen molar-refractivity contribution in [3.05, 3.63) is 65.2 Å². The third-order valence-corrected chi connectivity index (χ3v) is 6.78. The predicted octanol–water partition coefficient (Wildman–Crippen LogP) is 3.01. The van der Waals surface area contributed by atoms with Crippen LogP contribution in [0.1, 0.15) is 29.5 Å². The number of ether oxygens (including phenoxy) is 1. The quantitative estimate of drug-likeness (QED) is 0.723. The molecule has 0 N–H and O–H groups in total. The Morgan fingerprint density at radius 2 is 1.86 bits per heavy atom. The van der Waals surface area contributed by atoms with Gasteiger partial charge in [-0.15, -0.1) is 0 Å². The topological polar surface area (TPSA) is 87.5 Å². The van der Waals surface area contributed by atoms with E-state index in [4.69, 9.17) is 10.00 Å². The van der Waals surface area contributed by atoms with E-state index in [1.807, 2.05) is 37.3 Å². The minimum Gasteiger partial charge on any atom is -0.461 e. The van der Waals surface area contributed by atoms with E-state index >= 15 is 0 Å². The first-order chi connectivity index (χ1) is 13.4. The fourth-order valence-electron chi connectivity index (χ4n) is 3.26. The standard InChI is InChI=1S/C21H22N2O4S/c1-16-3-2-4-18(13-16)15-27-21(24)19-9-11-23(12-10-19)28(25,26)20-7-5-17(14-22)6-8-20/h2-8,13,19H,9-12,15H2,1H3. The molecule has 28 heavy (non-hydrogen) atoms. The van der Waals surface area contributed by atoms with Crippen molar-refractivity contribution in [2.24, 2.45) is 5.92 Å². The number of sulfonamides is 1. The molecule has 1 saturated heterocycles. The van der Waals surface area contributed by atoms with Gasteiger partial charge in [-0.3, -0.25) is 4.79 Å². The predicted molar refractivity (Wildman–Crippen MR) is 104 cm³/mol. The number of rotatable bonds is 5. The second-order valence-corrected chi connectivity index (χ2v) is 8.85. The van der Waals surface area contributed by atoms with E-state index in [1.54, 1.807) is 0 Å². The van der Waals surface area contributed by atoms with Crippen LogP contribution in [0.15, 0.2) is 53.4 Å². The number of nitrogens with zero attached hydrogens (tertiary/aromatic N) is 2. The Bertz CT molecular complexity index is 986. The molecule has 0 atom stereocenters. The summed E-state index contributed by atoms with van der Waals surface area (Å²) >= 11 is 0. The van der Waals surface area contributed by atoms with Crippen molar-refractivity contribution in [2.75, 3.05) is 13.1 Å². The molecule has 0 amide bonds. The van der Waals surface area contributed by atoms with Crippen molar-refractivity contribution in [1.82, 2.24) is 4.31 Å². The molecule has 0 bridgehead atoms. The number of carbonyl (C=O) groups excluding carboxylic acids is 1. The first-order valence-electron chi connectivity index (χ1n) is 9.12. The Labute approximate surface area is 165 Å². The summed E-state index contributed by atoms with van der Waals surface area (Å²) in [7, 11) is -3.62. The van der Waals surface area contributed by atoms with Crippen LogP contribution in [0.3, 0.4) is 0 Å². The molecule has 7 heteroatoms. The molecular formula is C21H22N2O4S. The summed E-state index contributed by atoms with van der Waals surface area (Å²) in [5.41, 5.74) is 2.46. The Morgan fingerprint density at radius 3 is 2.46 bits per heavy atom. The smallest absolute Gasteiger partial charge is 0.309 e. The van der Waals surface area contributed by atoms with Crippen LogP contribution in [0, 0.1) is 24.2 Å². The lowest BCUT2D eigenvalue weighted by Crippen LogP contribution is -2.40. The first-order valence-corrected chi connectivity index (χ1v) is 10.6. The summed E-state index contributed by atoms with van der Waals surface area (Å²) < 4.78 is 32.3. The molecule has 0 unspecified atom stereocenters. The lowest BCUT2D eigenvalue weighted by molar-refractivity contribution is -0.151. The van der Waals surface area contributed by atoms with Crippen molar-refractivity contribution in [1.29, 1.82) is 5.26 Å². The number of hydrogen-bond acceptors (Lipinski definition) is 5. The van der Waals surface area contributed by atoms with E-state index in [0.717, 1.165) is 11.1 Å². The Morgan fingerprint density at radius 1 is 1.18 bits per heavy atom. The minimum atomic E-state index is -3.62. The number of benzene rings is 2. The summed E-state index contributed by atoms with van der Waals surface area (Å²) in [6.07, 6.45) is 0.865. The molecule has 146 valence electrons. The third kappa shape index (κ3) is 4.58. The number of hydrogen-bond donors (Lipinski definition) is 0. The molecule has 0 spiro atoms. The SMILES string of the molecule is Cc1cccc(COC(=O)C2CCN(S(=O)(=O)c3ccc(C#N)cc3)CC2)c1. The molecule has 1 fully saturated rings. The van der Waals surface area contributed by atoms with Crippen molar-refractivity contribution in [3.63, 3.8) is 0 Å². The van der Waals surface area contributed by atoms with Gasteiger partial charge in [0.15, 0.2) is 0 Å². The van der Waals surface area contributed by atoms with Crippen molar-refractivity contribution >= 4 is 16.0 Å². The summed E-state index contributed by atoms with van der Waals surface area (Å²) in [5.74, 6) is -0.575. The van der Waals surface area contributed by atoms with Gasteiger partial charge in [0, 0.05) is 13.1 Å². The summed E-state index contributed by atoms with van der Waals surface area (Å²) in [4.78, 5) is 12.5. The van der Waals surface area contributed by atoms with Crippen LogP contribution in [0.2, 0.25) is 0 Å². The molecule has 2 aromatic carbocycles. The highest BCUT2D eigenvalue weighted by Crippen LogP contribution is 2.25. The van der Waals surface area contributed by atoms with Crippen LogP contribution in [-0.4, -0.2) is 31.8 Å². The molecule has 0 aromatic heterocycles. The molecule has 1 aliphatic rings. The molecule has 0 aliphatic carbocycles. The van der Waals surface area contributed by atoms with Gasteiger partial charge in [-0.1, -0.05) is 29.8 Å². The van der Waals surface area contributed by atoms with Crippen LogP contribution in [-0.2, 0) is 26.2 Å². The van der Waals surface area contributed by atoms with Crippen LogP contribution in [0.25, 0.3) is 0 Å². The molecule has 2 aromatic rings. The molecule has 0 radical (unpaired) electrons. The Kier molecular flexibility index (Phi) is 6.12. The van der Waals surface area contributed by atoms with Gasteiger partial charge in [0.25, 0.3) is 0 Å². The third-order valence-electron chi connectivity index (χ3n) is 4.87. The van der Waals surface area contributed by atoms with E-state index in [9.17, 15) is 13.2 Å². The molecule has 6 nitrogen and oxygen atoms in total. The summed E-state index contributed by atoms with van der Waals surface area (Å²) in [6, 6.07) is 15.6. The molecule has 3 rings (SSSR count). The van der Waals surface area contributed by atoms with E-state index in [0.29, 0.717) is 18.4 Å². The lowest BCUT2D eigenvalue weighted by Gasteiger charge is -2.30. The van der Waals surface area contributed by atoms with Crippen LogP contribution in [0.5, 0.6) is 0 Å². The average molecular weight is 398 g/mol. The fourth-order valence-corrected chi connectivity index (χ4v) is 4.73. The molecule has 1 aliphatic heterocycles. The molecule has 0 saturated carbocycles. The molecule has 1 heterocycles. The largest absolute Gasteiger partial charge is 0.461 e. The highest BCUT2D eigenvalue weighted by molar-refractivity contribution is 7.89. The Balaban J connectivity index is 1.55. The highest BCUT2D eigenvalue weighted by Gasteiger charge is 2.32. The van der Waals surface area contributed by atoms with Gasteiger partial charge in [-0.05, 0) is 49.6 Å². The van der Waals surface area contributed by atoms with E-state index < -0.39 is 10.0 Å². The van der Waals surface area contributed by atoms with Crippen LogP contribution >= 0.6 is 0 Å². The van der Waals surface area contributed by atoms with Gasteiger partial charge in [0.05, 0.1) is 22.4 Å². The zero-order valence-corrected chi connectivity index (χ0v) is 16.5. The number of esters is 1. The monoisotopic (exact) mass is 398 g/mol. The minimum absolute atomic E-state index is 0.159. The van der Waals surface area contributed by atoms with Crippen molar-refractivity contribution in [3.8, 4) is 6.07 Å². The average Bonchev–Trinajstić information content (AvgIpc) is 2.72.